The number of ether oxygens (including phenoxy) is 2. The van der Waals surface area contributed by atoms with Gasteiger partial charge in [0.1, 0.15) is 40.3 Å². The van der Waals surface area contributed by atoms with Gasteiger partial charge in [-0.05, 0) is 41.8 Å². The summed E-state index contributed by atoms with van der Waals surface area (Å²) in [4.78, 5) is 12.6. The SMILES string of the molecule is Cc1ccc(-c2ccc(-c3ccc(C(=O)Oc4cc(F)c(C(F)(F)Oc5cc(F)c(F)c(F)c5)c(F)c4)c(F)c3)c(F)c2)cc1. The highest BCUT2D eigenvalue weighted by molar-refractivity contribution is 5.92. The van der Waals surface area contributed by atoms with Crippen molar-refractivity contribution in [3.63, 3.8) is 0 Å². The molecule has 45 heavy (non-hydrogen) atoms. The maximum atomic E-state index is 14.9. The Kier molecular flexibility index (Phi) is 8.33. The van der Waals surface area contributed by atoms with E-state index in [0.29, 0.717) is 5.56 Å². The summed E-state index contributed by atoms with van der Waals surface area (Å²) in [6, 6.07) is 15.0. The van der Waals surface area contributed by atoms with Crippen LogP contribution in [0.5, 0.6) is 11.5 Å². The van der Waals surface area contributed by atoms with Gasteiger partial charge in [0.15, 0.2) is 17.5 Å². The average molecular weight is 632 g/mol. The van der Waals surface area contributed by atoms with Gasteiger partial charge in [0.2, 0.25) is 0 Å². The van der Waals surface area contributed by atoms with E-state index in [9.17, 15) is 44.3 Å². The van der Waals surface area contributed by atoms with Gasteiger partial charge < -0.3 is 9.47 Å². The van der Waals surface area contributed by atoms with Crippen LogP contribution < -0.4 is 9.47 Å². The van der Waals surface area contributed by atoms with Gasteiger partial charge in [-0.15, -0.1) is 0 Å². The molecule has 0 amide bonds. The summed E-state index contributed by atoms with van der Waals surface area (Å²) in [5, 5.41) is 0. The molecule has 3 nitrogen and oxygen atoms in total. The molecular weight excluding hydrogens is 615 g/mol. The summed E-state index contributed by atoms with van der Waals surface area (Å²) in [6.07, 6.45) is -4.87. The smallest absolute Gasteiger partial charge is 0.429 e. The molecule has 0 saturated heterocycles. The Hall–Kier alpha value is -5.26. The fraction of sp³-hybridized carbons (Fsp3) is 0.0606. The van der Waals surface area contributed by atoms with Gasteiger partial charge in [-0.25, -0.2) is 35.5 Å². The second-order valence-corrected chi connectivity index (χ2v) is 9.73. The molecule has 0 unspecified atom stereocenters. The van der Waals surface area contributed by atoms with Crippen LogP contribution in [-0.4, -0.2) is 5.97 Å². The molecule has 0 aliphatic rings. The van der Waals surface area contributed by atoms with Gasteiger partial charge in [-0.2, -0.15) is 8.78 Å². The Bertz CT molecular complexity index is 1890. The van der Waals surface area contributed by atoms with Crippen molar-refractivity contribution in [1.82, 2.24) is 0 Å². The van der Waals surface area contributed by atoms with E-state index in [4.69, 9.17) is 4.74 Å². The summed E-state index contributed by atoms with van der Waals surface area (Å²) in [6.45, 7) is 1.90. The van der Waals surface area contributed by atoms with Crippen LogP contribution in [0, 0.1) is 47.6 Å². The second kappa shape index (κ2) is 12.0. The lowest BCUT2D eigenvalue weighted by atomic mass is 9.98. The highest BCUT2D eigenvalue weighted by atomic mass is 19.3. The normalized spacial score (nSPS) is 11.4. The Morgan fingerprint density at radius 3 is 1.69 bits per heavy atom. The first kappa shape index (κ1) is 31.2. The van der Waals surface area contributed by atoms with E-state index in [1.54, 1.807) is 6.07 Å². The van der Waals surface area contributed by atoms with Crippen molar-refractivity contribution in [1.29, 1.82) is 0 Å². The molecule has 0 aliphatic carbocycles. The number of carbonyl (C=O) groups is 1. The molecule has 0 saturated carbocycles. The molecule has 0 aliphatic heterocycles. The Balaban J connectivity index is 1.34. The largest absolute Gasteiger partial charge is 0.432 e. The minimum Gasteiger partial charge on any atom is -0.429 e. The average Bonchev–Trinajstić information content (AvgIpc) is 2.95. The van der Waals surface area contributed by atoms with E-state index in [1.807, 2.05) is 31.2 Å². The summed E-state index contributed by atoms with van der Waals surface area (Å²) in [5.74, 6) is -15.4. The van der Waals surface area contributed by atoms with Crippen LogP contribution in [0.15, 0.2) is 84.9 Å². The molecule has 5 rings (SSSR count). The number of esters is 1. The summed E-state index contributed by atoms with van der Waals surface area (Å²) in [5.41, 5.74) is -0.339. The van der Waals surface area contributed by atoms with Crippen LogP contribution in [0.3, 0.4) is 0 Å². The maximum absolute atomic E-state index is 14.9. The Labute approximate surface area is 249 Å². The molecule has 0 fully saturated rings. The van der Waals surface area contributed by atoms with Crippen LogP contribution in [0.1, 0.15) is 21.5 Å². The van der Waals surface area contributed by atoms with Crippen molar-refractivity contribution in [2.45, 2.75) is 13.0 Å². The molecular formula is C33H17F9O3. The number of halogens is 9. The lowest BCUT2D eigenvalue weighted by Crippen LogP contribution is -2.25. The molecule has 0 bridgehead atoms. The van der Waals surface area contributed by atoms with Crippen LogP contribution in [-0.2, 0) is 6.11 Å². The fourth-order valence-corrected chi connectivity index (χ4v) is 4.36. The van der Waals surface area contributed by atoms with Gasteiger partial charge in [-0.1, -0.05) is 48.0 Å². The van der Waals surface area contributed by atoms with Crippen molar-refractivity contribution in [2.24, 2.45) is 0 Å². The number of alkyl halides is 2. The van der Waals surface area contributed by atoms with E-state index < -0.39 is 75.4 Å². The number of benzene rings is 5. The van der Waals surface area contributed by atoms with E-state index in [2.05, 4.69) is 4.74 Å². The number of carbonyl (C=O) groups excluding carboxylic acids is 1. The van der Waals surface area contributed by atoms with E-state index >= 15 is 0 Å². The first-order valence-electron chi connectivity index (χ1n) is 12.8. The quantitative estimate of drug-likeness (QED) is 0.0776. The number of hydrogen-bond donors (Lipinski definition) is 0. The standard InChI is InChI=1S/C33H17F9O3/c1-16-2-4-17(5-3-16)18-6-8-22(24(34)10-18)19-7-9-23(25(35)11-19)32(43)44-20-12-26(36)30(27(37)13-20)33(41,42)45-21-14-28(38)31(40)29(39)15-21/h2-15H,1H3. The third-order valence-corrected chi connectivity index (χ3v) is 6.57. The minimum atomic E-state index is -4.87. The van der Waals surface area contributed by atoms with Gasteiger partial charge in [0, 0.05) is 29.8 Å². The third-order valence-electron chi connectivity index (χ3n) is 6.57. The third kappa shape index (κ3) is 6.49. The van der Waals surface area contributed by atoms with Crippen molar-refractivity contribution in [3.8, 4) is 33.8 Å². The molecule has 5 aromatic rings. The highest BCUT2D eigenvalue weighted by Crippen LogP contribution is 2.37. The van der Waals surface area contributed by atoms with E-state index in [1.165, 1.54) is 18.2 Å². The van der Waals surface area contributed by atoms with Gasteiger partial charge in [-0.3, -0.25) is 0 Å². The highest BCUT2D eigenvalue weighted by Gasteiger charge is 2.42. The number of rotatable bonds is 7. The predicted molar refractivity (Wildman–Crippen MR) is 144 cm³/mol. The molecule has 0 spiro atoms. The van der Waals surface area contributed by atoms with Crippen molar-refractivity contribution in [2.75, 3.05) is 0 Å². The van der Waals surface area contributed by atoms with Crippen LogP contribution >= 0.6 is 0 Å². The van der Waals surface area contributed by atoms with Crippen LogP contribution in [0.25, 0.3) is 22.3 Å². The van der Waals surface area contributed by atoms with Crippen molar-refractivity contribution >= 4 is 5.97 Å². The molecule has 0 heterocycles. The molecule has 0 N–H and O–H groups in total. The summed E-state index contributed by atoms with van der Waals surface area (Å²) in [7, 11) is 0. The van der Waals surface area contributed by atoms with Crippen molar-refractivity contribution in [3.05, 3.63) is 142 Å². The summed E-state index contributed by atoms with van der Waals surface area (Å²) >= 11 is 0. The van der Waals surface area contributed by atoms with Crippen LogP contribution in [0.4, 0.5) is 39.5 Å². The second-order valence-electron chi connectivity index (χ2n) is 9.73. The topological polar surface area (TPSA) is 35.5 Å². The zero-order chi connectivity index (χ0) is 32.6. The minimum absolute atomic E-state index is 0.0127. The molecule has 0 radical (unpaired) electrons. The molecule has 230 valence electrons. The molecule has 0 aromatic heterocycles. The van der Waals surface area contributed by atoms with Gasteiger partial charge >= 0.3 is 12.1 Å². The fourth-order valence-electron chi connectivity index (χ4n) is 4.36. The monoisotopic (exact) mass is 632 g/mol. The number of hydrogen-bond acceptors (Lipinski definition) is 3. The van der Waals surface area contributed by atoms with Crippen LogP contribution in [0.2, 0.25) is 0 Å². The zero-order valence-electron chi connectivity index (χ0n) is 22.7. The first-order chi connectivity index (χ1) is 21.2. The Morgan fingerprint density at radius 1 is 0.578 bits per heavy atom. The van der Waals surface area contributed by atoms with Gasteiger partial charge in [0.05, 0.1) is 5.56 Å². The lowest BCUT2D eigenvalue weighted by molar-refractivity contribution is -0.189. The number of aryl methyl sites for hydroxylation is 1. The van der Waals surface area contributed by atoms with Crippen molar-refractivity contribution < 1.29 is 53.8 Å². The Morgan fingerprint density at radius 2 is 1.11 bits per heavy atom. The van der Waals surface area contributed by atoms with E-state index in [-0.39, 0.29) is 35.4 Å². The van der Waals surface area contributed by atoms with E-state index in [0.717, 1.165) is 23.3 Å². The maximum Gasteiger partial charge on any atom is 0.432 e. The molecule has 5 aromatic carbocycles. The summed E-state index contributed by atoms with van der Waals surface area (Å²) < 4.78 is 137. The molecule has 0 atom stereocenters. The zero-order valence-corrected chi connectivity index (χ0v) is 22.7. The molecule has 12 heteroatoms. The predicted octanol–water partition coefficient (Wildman–Crippen LogP) is 9.65. The first-order valence-corrected chi connectivity index (χ1v) is 12.8. The van der Waals surface area contributed by atoms with Gasteiger partial charge in [0.25, 0.3) is 0 Å². The lowest BCUT2D eigenvalue weighted by Gasteiger charge is -2.20.